The first-order valence-electron chi connectivity index (χ1n) is 9.89. The average molecular weight is 393 g/mol. The summed E-state index contributed by atoms with van der Waals surface area (Å²) in [7, 11) is 1.64. The van der Waals surface area contributed by atoms with Crippen molar-refractivity contribution < 1.29 is 13.9 Å². The van der Waals surface area contributed by atoms with E-state index in [1.807, 2.05) is 35.1 Å². The minimum atomic E-state index is -0.269. The average Bonchev–Trinajstić information content (AvgIpc) is 3.18. The molecule has 4 rings (SSSR count). The molecule has 0 radical (unpaired) electrons. The fraction of sp³-hybridized carbons (Fsp3) is 0.304. The number of benzene rings is 2. The molecule has 0 spiro atoms. The van der Waals surface area contributed by atoms with Crippen LogP contribution in [-0.4, -0.2) is 22.8 Å². The molecule has 6 heteroatoms. The molecule has 1 N–H and O–H groups in total. The van der Waals surface area contributed by atoms with E-state index in [-0.39, 0.29) is 17.8 Å². The van der Waals surface area contributed by atoms with E-state index in [1.54, 1.807) is 19.2 Å². The van der Waals surface area contributed by atoms with Crippen LogP contribution in [0.2, 0.25) is 0 Å². The molecule has 2 aromatic carbocycles. The number of aryl methyl sites for hydroxylation is 1. The van der Waals surface area contributed by atoms with Crippen LogP contribution < -0.4 is 10.1 Å². The van der Waals surface area contributed by atoms with Gasteiger partial charge in [0, 0.05) is 17.7 Å². The van der Waals surface area contributed by atoms with Gasteiger partial charge >= 0.3 is 0 Å². The minimum Gasteiger partial charge on any atom is -0.496 e. The highest BCUT2D eigenvalue weighted by Gasteiger charge is 2.26. The van der Waals surface area contributed by atoms with Gasteiger partial charge in [0.15, 0.2) is 0 Å². The molecule has 0 saturated carbocycles. The summed E-state index contributed by atoms with van der Waals surface area (Å²) in [5, 5.41) is 7.66. The topological polar surface area (TPSA) is 56.1 Å². The second-order valence-corrected chi connectivity index (χ2v) is 7.26. The van der Waals surface area contributed by atoms with E-state index in [0.717, 1.165) is 47.5 Å². The number of methoxy groups -OCH3 is 1. The second kappa shape index (κ2) is 8.47. The van der Waals surface area contributed by atoms with Crippen LogP contribution in [0.25, 0.3) is 5.69 Å². The third kappa shape index (κ3) is 4.16. The SMILES string of the molecule is COc1ccccc1CCC(=O)NC1CCCc2c1cnn2-c1ccc(F)cc1. The highest BCUT2D eigenvalue weighted by Crippen LogP contribution is 2.31. The number of para-hydroxylation sites is 1. The van der Waals surface area contributed by atoms with E-state index in [9.17, 15) is 9.18 Å². The zero-order valence-corrected chi connectivity index (χ0v) is 16.4. The lowest BCUT2D eigenvalue weighted by Gasteiger charge is -2.24. The Hall–Kier alpha value is -3.15. The van der Waals surface area contributed by atoms with Gasteiger partial charge in [-0.15, -0.1) is 0 Å². The Bertz CT molecular complexity index is 998. The van der Waals surface area contributed by atoms with E-state index in [1.165, 1.54) is 12.1 Å². The summed E-state index contributed by atoms with van der Waals surface area (Å²) in [5.41, 5.74) is 3.98. The normalized spacial score (nSPS) is 15.6. The van der Waals surface area contributed by atoms with Crippen LogP contribution in [0, 0.1) is 5.82 Å². The molecular weight excluding hydrogens is 369 g/mol. The van der Waals surface area contributed by atoms with Gasteiger partial charge in [-0.3, -0.25) is 4.79 Å². The van der Waals surface area contributed by atoms with Crippen molar-refractivity contribution >= 4 is 5.91 Å². The first-order chi connectivity index (χ1) is 14.2. The van der Waals surface area contributed by atoms with Gasteiger partial charge in [-0.1, -0.05) is 18.2 Å². The molecule has 1 atom stereocenters. The lowest BCUT2D eigenvalue weighted by molar-refractivity contribution is -0.121. The third-order valence-electron chi connectivity index (χ3n) is 5.40. The summed E-state index contributed by atoms with van der Waals surface area (Å²) in [6.07, 6.45) is 5.60. The van der Waals surface area contributed by atoms with E-state index in [4.69, 9.17) is 4.74 Å². The minimum absolute atomic E-state index is 0.0169. The predicted octanol–water partition coefficient (Wildman–Crippen LogP) is 4.15. The van der Waals surface area contributed by atoms with Crippen LogP contribution in [0.4, 0.5) is 4.39 Å². The number of hydrogen-bond acceptors (Lipinski definition) is 3. The van der Waals surface area contributed by atoms with Crippen molar-refractivity contribution in [3.8, 4) is 11.4 Å². The Balaban J connectivity index is 1.44. The highest BCUT2D eigenvalue weighted by molar-refractivity contribution is 5.77. The van der Waals surface area contributed by atoms with Crippen LogP contribution >= 0.6 is 0 Å². The fourth-order valence-corrected chi connectivity index (χ4v) is 3.94. The molecule has 0 saturated heterocycles. The van der Waals surface area contributed by atoms with E-state index < -0.39 is 0 Å². The molecule has 5 nitrogen and oxygen atoms in total. The Kier molecular flexibility index (Phi) is 5.60. The summed E-state index contributed by atoms with van der Waals surface area (Å²) in [4.78, 5) is 12.6. The molecule has 1 amide bonds. The highest BCUT2D eigenvalue weighted by atomic mass is 19.1. The molecule has 150 valence electrons. The van der Waals surface area contributed by atoms with Gasteiger partial charge in [0.1, 0.15) is 11.6 Å². The monoisotopic (exact) mass is 393 g/mol. The number of carbonyl (C=O) groups excluding carboxylic acids is 1. The van der Waals surface area contributed by atoms with Crippen molar-refractivity contribution in [3.63, 3.8) is 0 Å². The number of aromatic nitrogens is 2. The molecule has 1 aliphatic rings. The fourth-order valence-electron chi connectivity index (χ4n) is 3.94. The maximum Gasteiger partial charge on any atom is 0.220 e. The molecule has 0 aliphatic heterocycles. The maximum absolute atomic E-state index is 13.2. The summed E-state index contributed by atoms with van der Waals surface area (Å²) in [6.45, 7) is 0. The van der Waals surface area contributed by atoms with Crippen LogP contribution in [0.15, 0.2) is 54.7 Å². The molecule has 0 fully saturated rings. The molecule has 29 heavy (non-hydrogen) atoms. The predicted molar refractivity (Wildman–Crippen MR) is 109 cm³/mol. The van der Waals surface area contributed by atoms with Crippen molar-refractivity contribution in [3.05, 3.63) is 77.4 Å². The standard InChI is InChI=1S/C23H24FN3O2/c1-29-22-8-3-2-5-16(22)9-14-23(28)26-20-6-4-7-21-19(20)15-25-27(21)18-12-10-17(24)11-13-18/h2-3,5,8,10-13,15,20H,4,6-7,9,14H2,1H3,(H,26,28). The van der Waals surface area contributed by atoms with Crippen molar-refractivity contribution in [1.82, 2.24) is 15.1 Å². The molecule has 1 unspecified atom stereocenters. The van der Waals surface area contributed by atoms with E-state index in [2.05, 4.69) is 10.4 Å². The van der Waals surface area contributed by atoms with Crippen LogP contribution in [-0.2, 0) is 17.6 Å². The summed E-state index contributed by atoms with van der Waals surface area (Å²) >= 11 is 0. The lowest BCUT2D eigenvalue weighted by atomic mass is 9.92. The molecular formula is C23H24FN3O2. The molecule has 1 aromatic heterocycles. The van der Waals surface area contributed by atoms with Gasteiger partial charge < -0.3 is 10.1 Å². The number of hydrogen-bond donors (Lipinski definition) is 1. The smallest absolute Gasteiger partial charge is 0.220 e. The third-order valence-corrected chi connectivity index (χ3v) is 5.40. The first kappa shape index (κ1) is 19.2. The second-order valence-electron chi connectivity index (χ2n) is 7.26. The van der Waals surface area contributed by atoms with E-state index in [0.29, 0.717) is 12.8 Å². The van der Waals surface area contributed by atoms with Gasteiger partial charge in [-0.25, -0.2) is 9.07 Å². The number of amides is 1. The lowest BCUT2D eigenvalue weighted by Crippen LogP contribution is -2.31. The summed E-state index contributed by atoms with van der Waals surface area (Å²) in [5.74, 6) is 0.555. The van der Waals surface area contributed by atoms with Crippen molar-refractivity contribution in [2.75, 3.05) is 7.11 Å². The summed E-state index contributed by atoms with van der Waals surface area (Å²) < 4.78 is 20.4. The zero-order chi connectivity index (χ0) is 20.2. The van der Waals surface area contributed by atoms with Gasteiger partial charge in [0.2, 0.25) is 5.91 Å². The van der Waals surface area contributed by atoms with Gasteiger partial charge in [-0.05, 0) is 61.6 Å². The molecule has 1 heterocycles. The molecule has 0 bridgehead atoms. The van der Waals surface area contributed by atoms with Crippen LogP contribution in [0.3, 0.4) is 0 Å². The van der Waals surface area contributed by atoms with Crippen LogP contribution in [0.5, 0.6) is 5.75 Å². The maximum atomic E-state index is 13.2. The Labute approximate surface area is 169 Å². The first-order valence-corrected chi connectivity index (χ1v) is 9.89. The van der Waals surface area contributed by atoms with Crippen molar-refractivity contribution in [2.24, 2.45) is 0 Å². The molecule has 3 aromatic rings. The number of fused-ring (bicyclic) bond motifs is 1. The molecule has 1 aliphatic carbocycles. The number of rotatable bonds is 6. The van der Waals surface area contributed by atoms with Gasteiger partial charge in [0.25, 0.3) is 0 Å². The van der Waals surface area contributed by atoms with Gasteiger partial charge in [0.05, 0.1) is 25.0 Å². The number of ether oxygens (including phenoxy) is 1. The zero-order valence-electron chi connectivity index (χ0n) is 16.4. The summed E-state index contributed by atoms with van der Waals surface area (Å²) in [6, 6.07) is 14.0. The Morgan fingerprint density at radius 3 is 2.83 bits per heavy atom. The quantitative estimate of drug-likeness (QED) is 0.685. The van der Waals surface area contributed by atoms with E-state index >= 15 is 0 Å². The number of halogens is 1. The number of nitrogens with zero attached hydrogens (tertiary/aromatic N) is 2. The van der Waals surface area contributed by atoms with Crippen molar-refractivity contribution in [1.29, 1.82) is 0 Å². The Morgan fingerprint density at radius 2 is 2.03 bits per heavy atom. The van der Waals surface area contributed by atoms with Gasteiger partial charge in [-0.2, -0.15) is 5.10 Å². The van der Waals surface area contributed by atoms with Crippen molar-refractivity contribution in [2.45, 2.75) is 38.1 Å². The number of nitrogens with one attached hydrogen (secondary N) is 1. The largest absolute Gasteiger partial charge is 0.496 e. The number of carbonyl (C=O) groups is 1. The Morgan fingerprint density at radius 1 is 1.24 bits per heavy atom. The van der Waals surface area contributed by atoms with Crippen LogP contribution in [0.1, 0.15) is 42.1 Å².